The molecule has 0 spiro atoms. The third-order valence-electron chi connectivity index (χ3n) is 1.62. The van der Waals surface area contributed by atoms with Crippen molar-refractivity contribution < 1.29 is 9.53 Å². The first-order valence-corrected chi connectivity index (χ1v) is 5.71. The van der Waals surface area contributed by atoms with Gasteiger partial charge in [-0.2, -0.15) is 0 Å². The van der Waals surface area contributed by atoms with Gasteiger partial charge in [-0.05, 0) is 49.6 Å². The zero-order valence-electron chi connectivity index (χ0n) is 7.31. The van der Waals surface area contributed by atoms with Crippen molar-refractivity contribution in [1.29, 1.82) is 0 Å². The lowest BCUT2D eigenvalue weighted by Crippen LogP contribution is -2.04. The number of carbonyl (C=O) groups is 1. The average molecular weight is 342 g/mol. The summed E-state index contributed by atoms with van der Waals surface area (Å²) in [5, 5.41) is 0.568. The van der Waals surface area contributed by atoms with E-state index in [1.54, 1.807) is 6.07 Å². The van der Waals surface area contributed by atoms with Gasteiger partial charge in [0, 0.05) is 4.47 Å². The Balaban J connectivity index is 2.95. The molecule has 0 fully saturated rings. The molecule has 2 nitrogen and oxygen atoms in total. The summed E-state index contributed by atoms with van der Waals surface area (Å²) in [6.45, 7) is 0. The molecule has 1 aromatic rings. The predicted molar refractivity (Wildman–Crippen MR) is 62.6 cm³/mol. The molecular formula is C9H7Br2ClO2. The molecule has 0 saturated heterocycles. The minimum absolute atomic E-state index is 0.224. The second-order valence-electron chi connectivity index (χ2n) is 2.63. The lowest BCUT2D eigenvalue weighted by molar-refractivity contribution is -0.139. The van der Waals surface area contributed by atoms with Gasteiger partial charge >= 0.3 is 5.97 Å². The molecule has 14 heavy (non-hydrogen) atoms. The van der Waals surface area contributed by atoms with E-state index in [2.05, 4.69) is 36.6 Å². The van der Waals surface area contributed by atoms with Crippen LogP contribution in [0.2, 0.25) is 5.02 Å². The molecule has 0 saturated carbocycles. The number of rotatable bonds is 2. The molecule has 0 aliphatic rings. The van der Waals surface area contributed by atoms with Crippen LogP contribution in [0.4, 0.5) is 0 Å². The normalized spacial score (nSPS) is 10.0. The molecule has 1 rings (SSSR count). The zero-order valence-corrected chi connectivity index (χ0v) is 11.2. The number of hydrogen-bond acceptors (Lipinski definition) is 2. The zero-order chi connectivity index (χ0) is 10.7. The van der Waals surface area contributed by atoms with Gasteiger partial charge in [0.15, 0.2) is 0 Å². The van der Waals surface area contributed by atoms with E-state index in [-0.39, 0.29) is 12.4 Å². The standard InChI is InChI=1S/C9H7Br2ClO2/c1-14-8(13)4-5-2-6(10)9(11)7(12)3-5/h2-3H,4H2,1H3. The van der Waals surface area contributed by atoms with Gasteiger partial charge in [-0.1, -0.05) is 11.6 Å². The van der Waals surface area contributed by atoms with E-state index in [9.17, 15) is 4.79 Å². The number of hydrogen-bond donors (Lipinski definition) is 0. The van der Waals surface area contributed by atoms with E-state index < -0.39 is 0 Å². The molecule has 0 aliphatic carbocycles. The van der Waals surface area contributed by atoms with Crippen LogP contribution in [0.3, 0.4) is 0 Å². The highest BCUT2D eigenvalue weighted by Gasteiger charge is 2.08. The number of ether oxygens (including phenoxy) is 1. The monoisotopic (exact) mass is 340 g/mol. The molecule has 1 aromatic carbocycles. The van der Waals surface area contributed by atoms with E-state index >= 15 is 0 Å². The number of methoxy groups -OCH3 is 1. The largest absolute Gasteiger partial charge is 0.469 e. The van der Waals surface area contributed by atoms with E-state index in [1.807, 2.05) is 6.07 Å². The summed E-state index contributed by atoms with van der Waals surface area (Å²) in [6.07, 6.45) is 0.224. The molecule has 0 radical (unpaired) electrons. The van der Waals surface area contributed by atoms with Crippen molar-refractivity contribution in [3.8, 4) is 0 Å². The molecule has 0 aromatic heterocycles. The third-order valence-corrected chi connectivity index (χ3v) is 4.16. The number of carbonyl (C=O) groups excluding carboxylic acids is 1. The average Bonchev–Trinajstić information content (AvgIpc) is 2.14. The smallest absolute Gasteiger partial charge is 0.309 e. The minimum Gasteiger partial charge on any atom is -0.469 e. The van der Waals surface area contributed by atoms with Gasteiger partial charge in [0.05, 0.1) is 23.0 Å². The Morgan fingerprint density at radius 3 is 2.64 bits per heavy atom. The Morgan fingerprint density at radius 2 is 2.14 bits per heavy atom. The second-order valence-corrected chi connectivity index (χ2v) is 4.68. The van der Waals surface area contributed by atoms with Crippen LogP contribution in [-0.4, -0.2) is 13.1 Å². The van der Waals surface area contributed by atoms with Crippen molar-refractivity contribution >= 4 is 49.4 Å². The molecule has 76 valence electrons. The van der Waals surface area contributed by atoms with Crippen LogP contribution < -0.4 is 0 Å². The summed E-state index contributed by atoms with van der Waals surface area (Å²) >= 11 is 12.5. The van der Waals surface area contributed by atoms with Gasteiger partial charge in [0.25, 0.3) is 0 Å². The molecule has 0 N–H and O–H groups in total. The highest BCUT2D eigenvalue weighted by molar-refractivity contribution is 9.13. The molecule has 0 atom stereocenters. The SMILES string of the molecule is COC(=O)Cc1cc(Cl)c(Br)c(Br)c1. The Morgan fingerprint density at radius 1 is 1.50 bits per heavy atom. The van der Waals surface area contributed by atoms with Crippen molar-refractivity contribution in [3.05, 3.63) is 31.7 Å². The fourth-order valence-electron chi connectivity index (χ4n) is 0.949. The Labute approximate surface area is 104 Å². The van der Waals surface area contributed by atoms with Crippen LogP contribution in [0, 0.1) is 0 Å². The molecule has 0 unspecified atom stereocenters. The summed E-state index contributed by atoms with van der Waals surface area (Å²) in [7, 11) is 1.36. The van der Waals surface area contributed by atoms with Gasteiger partial charge in [-0.3, -0.25) is 4.79 Å². The van der Waals surface area contributed by atoms with Crippen molar-refractivity contribution in [3.63, 3.8) is 0 Å². The van der Waals surface area contributed by atoms with Gasteiger partial charge in [-0.25, -0.2) is 0 Å². The third kappa shape index (κ3) is 2.97. The predicted octanol–water partition coefficient (Wildman–Crippen LogP) is 3.58. The summed E-state index contributed by atoms with van der Waals surface area (Å²) in [4.78, 5) is 11.0. The highest BCUT2D eigenvalue weighted by Crippen LogP contribution is 2.32. The summed E-state index contributed by atoms with van der Waals surface area (Å²) in [6, 6.07) is 3.56. The summed E-state index contributed by atoms with van der Waals surface area (Å²) in [5.74, 6) is -0.282. The first kappa shape index (κ1) is 12.0. The molecule has 0 heterocycles. The highest BCUT2D eigenvalue weighted by atomic mass is 79.9. The molecule has 5 heteroatoms. The van der Waals surface area contributed by atoms with Gasteiger partial charge in [0.2, 0.25) is 0 Å². The van der Waals surface area contributed by atoms with Gasteiger partial charge in [0.1, 0.15) is 0 Å². The van der Waals surface area contributed by atoms with Crippen molar-refractivity contribution in [2.45, 2.75) is 6.42 Å². The Bertz CT molecular complexity index is 343. The van der Waals surface area contributed by atoms with Crippen LogP contribution >= 0.6 is 43.5 Å². The molecular weight excluding hydrogens is 335 g/mol. The minimum atomic E-state index is -0.282. The number of halogens is 3. The maximum Gasteiger partial charge on any atom is 0.309 e. The van der Waals surface area contributed by atoms with Crippen LogP contribution in [0.25, 0.3) is 0 Å². The summed E-state index contributed by atoms with van der Waals surface area (Å²) < 4.78 is 6.16. The summed E-state index contributed by atoms with van der Waals surface area (Å²) in [5.41, 5.74) is 0.817. The van der Waals surface area contributed by atoms with Gasteiger partial charge in [-0.15, -0.1) is 0 Å². The van der Waals surface area contributed by atoms with Crippen LogP contribution in [0.15, 0.2) is 21.1 Å². The lowest BCUT2D eigenvalue weighted by Gasteiger charge is -2.04. The van der Waals surface area contributed by atoms with E-state index in [4.69, 9.17) is 11.6 Å². The van der Waals surface area contributed by atoms with Crippen LogP contribution in [0.1, 0.15) is 5.56 Å². The van der Waals surface area contributed by atoms with Crippen molar-refractivity contribution in [2.24, 2.45) is 0 Å². The first-order valence-electron chi connectivity index (χ1n) is 3.75. The quantitative estimate of drug-likeness (QED) is 0.607. The molecule has 0 bridgehead atoms. The lowest BCUT2D eigenvalue weighted by atomic mass is 10.1. The Kier molecular flexibility index (Phi) is 4.41. The fraction of sp³-hybridized carbons (Fsp3) is 0.222. The van der Waals surface area contributed by atoms with Gasteiger partial charge < -0.3 is 4.74 Å². The van der Waals surface area contributed by atoms with Crippen molar-refractivity contribution in [2.75, 3.05) is 7.11 Å². The number of benzene rings is 1. The maximum atomic E-state index is 11.0. The van der Waals surface area contributed by atoms with E-state index in [0.29, 0.717) is 5.02 Å². The fourth-order valence-corrected chi connectivity index (χ4v) is 2.04. The second kappa shape index (κ2) is 5.14. The first-order chi connectivity index (χ1) is 6.54. The van der Waals surface area contributed by atoms with E-state index in [1.165, 1.54) is 7.11 Å². The van der Waals surface area contributed by atoms with Crippen LogP contribution in [0.5, 0.6) is 0 Å². The maximum absolute atomic E-state index is 11.0. The topological polar surface area (TPSA) is 26.3 Å². The van der Waals surface area contributed by atoms with E-state index in [0.717, 1.165) is 14.5 Å². The van der Waals surface area contributed by atoms with Crippen molar-refractivity contribution in [1.82, 2.24) is 0 Å². The molecule has 0 amide bonds. The number of esters is 1. The Hall–Kier alpha value is -0.0600. The molecule has 0 aliphatic heterocycles. The van der Waals surface area contributed by atoms with Crippen LogP contribution in [-0.2, 0) is 16.0 Å².